The van der Waals surface area contributed by atoms with Crippen LogP contribution < -0.4 is 5.32 Å². The number of para-hydroxylation sites is 1. The van der Waals surface area contributed by atoms with E-state index in [-0.39, 0.29) is 23.2 Å². The molecule has 0 bridgehead atoms. The summed E-state index contributed by atoms with van der Waals surface area (Å²) in [5, 5.41) is 22.5. The molecule has 0 saturated heterocycles. The molecule has 1 aliphatic rings. The van der Waals surface area contributed by atoms with E-state index in [1.807, 2.05) is 19.1 Å². The summed E-state index contributed by atoms with van der Waals surface area (Å²) in [6, 6.07) is 9.48. The van der Waals surface area contributed by atoms with E-state index >= 15 is 0 Å². The molecule has 0 aromatic heterocycles. The molecule has 2 N–H and O–H groups in total. The van der Waals surface area contributed by atoms with E-state index in [2.05, 4.69) is 18.3 Å². The molecule has 3 heteroatoms. The highest BCUT2D eigenvalue weighted by atomic mass is 16.3. The second-order valence-corrected chi connectivity index (χ2v) is 5.52. The van der Waals surface area contributed by atoms with Crippen LogP contribution in [0.25, 0.3) is 0 Å². The minimum Gasteiger partial charge on any atom is -0.508 e. The fourth-order valence-electron chi connectivity index (χ4n) is 2.61. The van der Waals surface area contributed by atoms with Crippen molar-refractivity contribution >= 4 is 0 Å². The highest BCUT2D eigenvalue weighted by Gasteiger charge is 2.40. The van der Waals surface area contributed by atoms with Gasteiger partial charge in [0.2, 0.25) is 0 Å². The Balaban J connectivity index is 2.09. The van der Waals surface area contributed by atoms with Crippen molar-refractivity contribution in [2.75, 3.05) is 0 Å². The molecule has 0 heterocycles. The van der Waals surface area contributed by atoms with Crippen LogP contribution in [0, 0.1) is 16.7 Å². The standard InChI is InChI=1S/C15H20N2O/c1-11(12-6-3-4-7-13(12)18)17-14(10-16)15(2)8-5-9-15/h3-4,6-7,11,14,17-18H,5,8-9H2,1-2H3/t11-,14-/m1/s1. The molecule has 2 rings (SSSR count). The Morgan fingerprint density at radius 1 is 1.39 bits per heavy atom. The van der Waals surface area contributed by atoms with Crippen molar-refractivity contribution in [2.24, 2.45) is 5.41 Å². The van der Waals surface area contributed by atoms with Crippen molar-refractivity contribution in [3.8, 4) is 11.8 Å². The molecule has 0 radical (unpaired) electrons. The van der Waals surface area contributed by atoms with Gasteiger partial charge in [-0.1, -0.05) is 31.5 Å². The van der Waals surface area contributed by atoms with Gasteiger partial charge >= 0.3 is 0 Å². The molecule has 0 spiro atoms. The van der Waals surface area contributed by atoms with Crippen LogP contribution in [0.2, 0.25) is 0 Å². The van der Waals surface area contributed by atoms with E-state index in [0.717, 1.165) is 18.4 Å². The molecule has 0 unspecified atom stereocenters. The summed E-state index contributed by atoms with van der Waals surface area (Å²) in [6.45, 7) is 4.15. The Morgan fingerprint density at radius 2 is 2.06 bits per heavy atom. The molecule has 2 atom stereocenters. The summed E-state index contributed by atoms with van der Waals surface area (Å²) in [4.78, 5) is 0. The van der Waals surface area contributed by atoms with Gasteiger partial charge in [0.1, 0.15) is 11.8 Å². The third-order valence-electron chi connectivity index (χ3n) is 4.14. The summed E-state index contributed by atoms with van der Waals surface area (Å²) in [5.74, 6) is 0.285. The lowest BCUT2D eigenvalue weighted by Gasteiger charge is -2.43. The number of nitriles is 1. The van der Waals surface area contributed by atoms with Gasteiger partial charge in [-0.05, 0) is 31.2 Å². The van der Waals surface area contributed by atoms with Crippen molar-refractivity contribution in [3.05, 3.63) is 29.8 Å². The highest BCUT2D eigenvalue weighted by molar-refractivity contribution is 5.34. The molecule has 1 aromatic rings. The Hall–Kier alpha value is -1.53. The Labute approximate surface area is 108 Å². The molecule has 0 amide bonds. The van der Waals surface area contributed by atoms with Gasteiger partial charge < -0.3 is 5.11 Å². The van der Waals surface area contributed by atoms with E-state index in [1.165, 1.54) is 6.42 Å². The summed E-state index contributed by atoms with van der Waals surface area (Å²) in [6.07, 6.45) is 3.42. The van der Waals surface area contributed by atoms with Gasteiger partial charge in [-0.2, -0.15) is 5.26 Å². The van der Waals surface area contributed by atoms with Crippen LogP contribution in [0.15, 0.2) is 24.3 Å². The summed E-state index contributed by atoms with van der Waals surface area (Å²) >= 11 is 0. The number of nitrogens with zero attached hydrogens (tertiary/aromatic N) is 1. The average Bonchev–Trinajstić information content (AvgIpc) is 2.33. The van der Waals surface area contributed by atoms with Crippen LogP contribution in [0.1, 0.15) is 44.7 Å². The van der Waals surface area contributed by atoms with Gasteiger partial charge in [0.25, 0.3) is 0 Å². The third-order valence-corrected chi connectivity index (χ3v) is 4.14. The fourth-order valence-corrected chi connectivity index (χ4v) is 2.61. The van der Waals surface area contributed by atoms with Crippen molar-refractivity contribution in [3.63, 3.8) is 0 Å². The quantitative estimate of drug-likeness (QED) is 0.855. The maximum Gasteiger partial charge on any atom is 0.120 e. The number of hydrogen-bond donors (Lipinski definition) is 2. The number of nitrogens with one attached hydrogen (secondary N) is 1. The van der Waals surface area contributed by atoms with Crippen molar-refractivity contribution in [2.45, 2.75) is 45.2 Å². The number of rotatable bonds is 4. The zero-order valence-electron chi connectivity index (χ0n) is 11.0. The normalized spacial score (nSPS) is 20.5. The highest BCUT2D eigenvalue weighted by Crippen LogP contribution is 2.43. The zero-order valence-corrected chi connectivity index (χ0v) is 11.0. The first-order chi connectivity index (χ1) is 8.57. The number of phenolic OH excluding ortho intramolecular Hbond substituents is 1. The average molecular weight is 244 g/mol. The molecule has 0 aliphatic heterocycles. The van der Waals surface area contributed by atoms with E-state index in [9.17, 15) is 10.4 Å². The first-order valence-corrected chi connectivity index (χ1v) is 6.50. The molecule has 1 saturated carbocycles. The van der Waals surface area contributed by atoms with Crippen LogP contribution in [0.3, 0.4) is 0 Å². The first-order valence-electron chi connectivity index (χ1n) is 6.50. The second-order valence-electron chi connectivity index (χ2n) is 5.52. The summed E-state index contributed by atoms with van der Waals surface area (Å²) in [5.41, 5.74) is 0.939. The molecule has 1 aromatic carbocycles. The summed E-state index contributed by atoms with van der Waals surface area (Å²) in [7, 11) is 0. The predicted molar refractivity (Wildman–Crippen MR) is 71.0 cm³/mol. The molecular weight excluding hydrogens is 224 g/mol. The lowest BCUT2D eigenvalue weighted by molar-refractivity contribution is 0.118. The van der Waals surface area contributed by atoms with Gasteiger partial charge in [-0.25, -0.2) is 0 Å². The van der Waals surface area contributed by atoms with E-state index < -0.39 is 0 Å². The van der Waals surface area contributed by atoms with Crippen LogP contribution in [0.4, 0.5) is 0 Å². The number of hydrogen-bond acceptors (Lipinski definition) is 3. The Kier molecular flexibility index (Phi) is 3.58. The first kappa shape index (κ1) is 12.9. The predicted octanol–water partition coefficient (Wildman–Crippen LogP) is 3.13. The number of phenols is 1. The van der Waals surface area contributed by atoms with E-state index in [4.69, 9.17) is 0 Å². The zero-order chi connectivity index (χ0) is 13.2. The lowest BCUT2D eigenvalue weighted by atomic mass is 9.65. The number of aromatic hydroxyl groups is 1. The van der Waals surface area contributed by atoms with E-state index in [1.54, 1.807) is 12.1 Å². The van der Waals surface area contributed by atoms with Gasteiger partial charge in [0, 0.05) is 11.6 Å². The Morgan fingerprint density at radius 3 is 2.56 bits per heavy atom. The van der Waals surface area contributed by atoms with Crippen molar-refractivity contribution in [1.29, 1.82) is 5.26 Å². The van der Waals surface area contributed by atoms with Gasteiger partial charge in [0.05, 0.1) is 6.07 Å². The largest absolute Gasteiger partial charge is 0.508 e. The molecular formula is C15H20N2O. The second kappa shape index (κ2) is 4.99. The van der Waals surface area contributed by atoms with Crippen molar-refractivity contribution in [1.82, 2.24) is 5.32 Å². The Bertz CT molecular complexity index is 460. The third kappa shape index (κ3) is 2.34. The smallest absolute Gasteiger partial charge is 0.120 e. The van der Waals surface area contributed by atoms with E-state index in [0.29, 0.717) is 0 Å². The van der Waals surface area contributed by atoms with Crippen LogP contribution in [-0.4, -0.2) is 11.1 Å². The minimum absolute atomic E-state index is 0.0201. The lowest BCUT2D eigenvalue weighted by Crippen LogP contribution is -2.47. The van der Waals surface area contributed by atoms with Crippen LogP contribution in [-0.2, 0) is 0 Å². The van der Waals surface area contributed by atoms with Gasteiger partial charge in [-0.3, -0.25) is 5.32 Å². The maximum atomic E-state index is 9.82. The topological polar surface area (TPSA) is 56.0 Å². The SMILES string of the molecule is C[C@@H](N[C@H](C#N)C1(C)CCC1)c1ccccc1O. The molecule has 96 valence electrons. The minimum atomic E-state index is -0.152. The molecule has 1 fully saturated rings. The monoisotopic (exact) mass is 244 g/mol. The van der Waals surface area contributed by atoms with Crippen LogP contribution >= 0.6 is 0 Å². The van der Waals surface area contributed by atoms with Crippen LogP contribution in [0.5, 0.6) is 5.75 Å². The van der Waals surface area contributed by atoms with Gasteiger partial charge in [-0.15, -0.1) is 0 Å². The molecule has 18 heavy (non-hydrogen) atoms. The van der Waals surface area contributed by atoms with Crippen molar-refractivity contribution < 1.29 is 5.11 Å². The summed E-state index contributed by atoms with van der Waals surface area (Å²) < 4.78 is 0. The van der Waals surface area contributed by atoms with Gasteiger partial charge in [0.15, 0.2) is 0 Å². The maximum absolute atomic E-state index is 9.82. The molecule has 3 nitrogen and oxygen atoms in total. The molecule has 1 aliphatic carbocycles. The fraction of sp³-hybridized carbons (Fsp3) is 0.533. The number of benzene rings is 1.